The Labute approximate surface area is 146 Å². The number of unbranched alkanes of at least 4 members (excludes halogenated alkanes) is 1. The van der Waals surface area contributed by atoms with E-state index in [0.717, 1.165) is 29.8 Å². The van der Waals surface area contributed by atoms with Gasteiger partial charge in [-0.15, -0.1) is 11.8 Å². The fourth-order valence-electron chi connectivity index (χ4n) is 2.92. The van der Waals surface area contributed by atoms with E-state index < -0.39 is 5.91 Å². The summed E-state index contributed by atoms with van der Waals surface area (Å²) in [6, 6.07) is 5.47. The van der Waals surface area contributed by atoms with E-state index in [1.807, 2.05) is 6.07 Å². The lowest BCUT2D eigenvalue weighted by Gasteiger charge is -2.23. The van der Waals surface area contributed by atoms with Gasteiger partial charge < -0.3 is 0 Å². The van der Waals surface area contributed by atoms with Crippen molar-refractivity contribution in [2.24, 2.45) is 10.9 Å². The summed E-state index contributed by atoms with van der Waals surface area (Å²) in [5, 5.41) is 11.1. The molecule has 122 valence electrons. The van der Waals surface area contributed by atoms with E-state index in [1.165, 1.54) is 5.71 Å². The number of carbonyl (C=O) groups is 1. The molecule has 2 atom stereocenters. The van der Waals surface area contributed by atoms with E-state index in [0.29, 0.717) is 16.7 Å². The second-order valence-corrected chi connectivity index (χ2v) is 7.05. The Hall–Kier alpha value is -2.32. The van der Waals surface area contributed by atoms with E-state index in [4.69, 9.17) is 10.3 Å². The van der Waals surface area contributed by atoms with Crippen LogP contribution < -0.4 is 5.32 Å². The Kier molecular flexibility index (Phi) is 5.17. The number of aliphatic imine (C=N–C) groups is 1. The van der Waals surface area contributed by atoms with Gasteiger partial charge in [-0.3, -0.25) is 15.1 Å². The van der Waals surface area contributed by atoms with Gasteiger partial charge in [0.05, 0.1) is 5.69 Å². The first-order valence-corrected chi connectivity index (χ1v) is 9.03. The molecule has 1 aliphatic heterocycles. The summed E-state index contributed by atoms with van der Waals surface area (Å²) in [7, 11) is 0. The van der Waals surface area contributed by atoms with E-state index in [1.54, 1.807) is 30.1 Å². The Morgan fingerprint density at radius 3 is 3.00 bits per heavy atom. The zero-order valence-corrected chi connectivity index (χ0v) is 14.3. The van der Waals surface area contributed by atoms with Crippen molar-refractivity contribution in [2.75, 3.05) is 0 Å². The smallest absolute Gasteiger partial charge is 0.264 e. The minimum Gasteiger partial charge on any atom is -0.268 e. The van der Waals surface area contributed by atoms with Gasteiger partial charge in [-0.2, -0.15) is 5.26 Å². The van der Waals surface area contributed by atoms with Crippen LogP contribution in [-0.4, -0.2) is 16.9 Å². The number of amides is 1. The standard InChI is InChI=1S/C19H19N3OS/c1-2-3-7-15-14-6-4-5-8-17(14)24-18-10-9-13(11-16(18)22-15)19(23)21-12-20/h4-6,8-11,14,17H,2-3,7H2,1H3,(H,21,23). The van der Waals surface area contributed by atoms with Gasteiger partial charge in [0, 0.05) is 27.3 Å². The first kappa shape index (κ1) is 16.5. The van der Waals surface area contributed by atoms with Crippen molar-refractivity contribution in [1.29, 1.82) is 5.26 Å². The first-order valence-electron chi connectivity index (χ1n) is 8.15. The second kappa shape index (κ2) is 7.50. The van der Waals surface area contributed by atoms with Crippen LogP contribution in [0.15, 0.2) is 52.4 Å². The van der Waals surface area contributed by atoms with Crippen LogP contribution in [0.25, 0.3) is 0 Å². The van der Waals surface area contributed by atoms with E-state index in [-0.39, 0.29) is 0 Å². The third-order valence-corrected chi connectivity index (χ3v) is 5.49. The minimum absolute atomic E-state index is 0.301. The van der Waals surface area contributed by atoms with Crippen molar-refractivity contribution < 1.29 is 4.79 Å². The maximum absolute atomic E-state index is 11.9. The molecule has 0 radical (unpaired) electrons. The van der Waals surface area contributed by atoms with E-state index in [2.05, 4.69) is 36.5 Å². The number of thioether (sulfide) groups is 1. The van der Waals surface area contributed by atoms with Crippen molar-refractivity contribution in [2.45, 2.75) is 36.3 Å². The third kappa shape index (κ3) is 3.44. The molecule has 3 rings (SSSR count). The highest BCUT2D eigenvalue weighted by Gasteiger charge is 2.28. The molecule has 0 aromatic heterocycles. The van der Waals surface area contributed by atoms with Crippen LogP contribution in [-0.2, 0) is 0 Å². The van der Waals surface area contributed by atoms with Crippen LogP contribution in [0.3, 0.4) is 0 Å². The lowest BCUT2D eigenvalue weighted by Crippen LogP contribution is -2.23. The van der Waals surface area contributed by atoms with Gasteiger partial charge in [-0.05, 0) is 31.0 Å². The van der Waals surface area contributed by atoms with E-state index >= 15 is 0 Å². The molecule has 0 spiro atoms. The maximum Gasteiger partial charge on any atom is 0.264 e. The van der Waals surface area contributed by atoms with Crippen LogP contribution >= 0.6 is 11.8 Å². The summed E-state index contributed by atoms with van der Waals surface area (Å²) in [6.45, 7) is 2.18. The number of nitrogens with one attached hydrogen (secondary N) is 1. The van der Waals surface area contributed by atoms with Gasteiger partial charge in [0.25, 0.3) is 5.91 Å². The maximum atomic E-state index is 11.9. The predicted octanol–water partition coefficient (Wildman–Crippen LogP) is 4.38. The van der Waals surface area contributed by atoms with Gasteiger partial charge in [0.15, 0.2) is 6.19 Å². The minimum atomic E-state index is -0.392. The summed E-state index contributed by atoms with van der Waals surface area (Å²) in [5.74, 6) is -0.0904. The molecular weight excluding hydrogens is 318 g/mol. The molecule has 4 nitrogen and oxygen atoms in total. The predicted molar refractivity (Wildman–Crippen MR) is 97.6 cm³/mol. The van der Waals surface area contributed by atoms with Crippen LogP contribution in [0.5, 0.6) is 0 Å². The summed E-state index contributed by atoms with van der Waals surface area (Å²) in [6.07, 6.45) is 13.5. The summed E-state index contributed by atoms with van der Waals surface area (Å²) in [5.41, 5.74) is 2.46. The van der Waals surface area contributed by atoms with Crippen LogP contribution in [0.2, 0.25) is 0 Å². The molecule has 24 heavy (non-hydrogen) atoms. The summed E-state index contributed by atoms with van der Waals surface area (Å²) in [4.78, 5) is 17.9. The van der Waals surface area contributed by atoms with Gasteiger partial charge in [0.1, 0.15) is 0 Å². The van der Waals surface area contributed by atoms with Crippen LogP contribution in [0.4, 0.5) is 5.69 Å². The molecule has 0 saturated heterocycles. The fraction of sp³-hybridized carbons (Fsp3) is 0.316. The number of hydrogen-bond acceptors (Lipinski definition) is 4. The number of nitrogens with zero attached hydrogens (tertiary/aromatic N) is 2. The summed E-state index contributed by atoms with van der Waals surface area (Å²) < 4.78 is 0. The molecule has 0 fully saturated rings. The van der Waals surface area contributed by atoms with Crippen molar-refractivity contribution in [3.8, 4) is 6.19 Å². The number of rotatable bonds is 4. The topological polar surface area (TPSA) is 65.2 Å². The lowest BCUT2D eigenvalue weighted by molar-refractivity contribution is 0.0973. The third-order valence-electron chi connectivity index (χ3n) is 4.17. The zero-order valence-electron chi connectivity index (χ0n) is 13.5. The number of carbonyl (C=O) groups excluding carboxylic acids is 1. The molecule has 0 bridgehead atoms. The SMILES string of the molecule is CCCCC1=Nc2cc(C(=O)NC#N)ccc2SC2C=CC=CC12. The number of hydrogen-bond donors (Lipinski definition) is 1. The normalized spacial score (nSPS) is 21.1. The average molecular weight is 337 g/mol. The largest absolute Gasteiger partial charge is 0.268 e. The average Bonchev–Trinajstić information content (AvgIpc) is 2.76. The fourth-order valence-corrected chi connectivity index (χ4v) is 4.15. The van der Waals surface area contributed by atoms with Gasteiger partial charge in [-0.25, -0.2) is 0 Å². The van der Waals surface area contributed by atoms with Crippen molar-refractivity contribution in [3.05, 3.63) is 48.1 Å². The highest BCUT2D eigenvalue weighted by molar-refractivity contribution is 8.00. The highest BCUT2D eigenvalue weighted by atomic mass is 32.2. The quantitative estimate of drug-likeness (QED) is 0.655. The van der Waals surface area contributed by atoms with E-state index in [9.17, 15) is 4.79 Å². The number of benzene rings is 1. The monoisotopic (exact) mass is 337 g/mol. The number of allylic oxidation sites excluding steroid dienone is 3. The summed E-state index contributed by atoms with van der Waals surface area (Å²) >= 11 is 1.78. The molecule has 1 aromatic rings. The first-order chi connectivity index (χ1) is 11.7. The molecule has 2 aliphatic rings. The molecule has 5 heteroatoms. The Morgan fingerprint density at radius 2 is 2.21 bits per heavy atom. The van der Waals surface area contributed by atoms with Crippen LogP contribution in [0.1, 0.15) is 36.5 Å². The van der Waals surface area contributed by atoms with Crippen molar-refractivity contribution >= 4 is 29.1 Å². The molecule has 2 unspecified atom stereocenters. The van der Waals surface area contributed by atoms with Gasteiger partial charge >= 0.3 is 0 Å². The Bertz CT molecular complexity index is 773. The van der Waals surface area contributed by atoms with Gasteiger partial charge in [0.2, 0.25) is 0 Å². The molecule has 0 saturated carbocycles. The van der Waals surface area contributed by atoms with Gasteiger partial charge in [-0.1, -0.05) is 37.6 Å². The lowest BCUT2D eigenvalue weighted by atomic mass is 9.91. The number of fused-ring (bicyclic) bond motifs is 2. The molecule has 1 N–H and O–H groups in total. The molecular formula is C19H19N3OS. The van der Waals surface area contributed by atoms with Crippen molar-refractivity contribution in [3.63, 3.8) is 0 Å². The zero-order chi connectivity index (χ0) is 16.9. The number of nitriles is 1. The molecule has 1 aromatic carbocycles. The second-order valence-electron chi connectivity index (χ2n) is 5.83. The molecule has 1 heterocycles. The molecule has 1 amide bonds. The Morgan fingerprint density at radius 1 is 1.38 bits per heavy atom. The highest BCUT2D eigenvalue weighted by Crippen LogP contribution is 2.42. The Balaban J connectivity index is 2.01. The van der Waals surface area contributed by atoms with Crippen molar-refractivity contribution in [1.82, 2.24) is 5.32 Å². The van der Waals surface area contributed by atoms with Crippen LogP contribution in [0, 0.1) is 17.4 Å². The molecule has 1 aliphatic carbocycles.